The summed E-state index contributed by atoms with van der Waals surface area (Å²) in [4.78, 5) is 14.8. The van der Waals surface area contributed by atoms with E-state index in [0.29, 0.717) is 6.54 Å². The van der Waals surface area contributed by atoms with Crippen LogP contribution in [0.1, 0.15) is 35.6 Å². The largest absolute Gasteiger partial charge is 0.496 e. The molecule has 0 aromatic heterocycles. The molecule has 1 aliphatic carbocycles. The monoisotopic (exact) mass is 356 g/mol. The molecule has 26 heavy (non-hydrogen) atoms. The predicted molar refractivity (Wildman–Crippen MR) is 99.5 cm³/mol. The Bertz CT molecular complexity index is 772. The van der Waals surface area contributed by atoms with Crippen LogP contribution in [-0.2, 0) is 11.3 Å². The second-order valence-corrected chi connectivity index (χ2v) is 6.97. The zero-order chi connectivity index (χ0) is 18.7. The zero-order valence-corrected chi connectivity index (χ0v) is 15.5. The summed E-state index contributed by atoms with van der Waals surface area (Å²) >= 11 is 0. The van der Waals surface area contributed by atoms with Crippen LogP contribution in [0.25, 0.3) is 0 Å². The number of hydrogen-bond donors (Lipinski definition) is 1. The van der Waals surface area contributed by atoms with Crippen molar-refractivity contribution in [3.8, 4) is 5.75 Å². The van der Waals surface area contributed by atoms with Gasteiger partial charge in [-0.25, -0.2) is 4.39 Å². The number of hydrogen-bond acceptors (Lipinski definition) is 3. The van der Waals surface area contributed by atoms with Crippen LogP contribution in [0, 0.1) is 12.7 Å². The minimum absolute atomic E-state index is 0.0479. The number of ether oxygens (including phenoxy) is 1. The molecule has 0 bridgehead atoms. The molecule has 1 unspecified atom stereocenters. The highest BCUT2D eigenvalue weighted by atomic mass is 19.1. The van der Waals surface area contributed by atoms with Crippen molar-refractivity contribution in [2.75, 3.05) is 14.2 Å². The van der Waals surface area contributed by atoms with Crippen molar-refractivity contribution in [1.82, 2.24) is 10.2 Å². The van der Waals surface area contributed by atoms with Crippen LogP contribution in [0.5, 0.6) is 5.75 Å². The number of benzene rings is 2. The number of likely N-dealkylation sites (N-methyl/N-ethyl adjacent to an activating group) is 1. The highest BCUT2D eigenvalue weighted by Crippen LogP contribution is 2.28. The smallest absolute Gasteiger partial charge is 0.242 e. The van der Waals surface area contributed by atoms with Crippen molar-refractivity contribution < 1.29 is 13.9 Å². The first-order valence-corrected chi connectivity index (χ1v) is 8.87. The number of nitrogens with zero attached hydrogens (tertiary/aromatic N) is 1. The Morgan fingerprint density at radius 2 is 1.96 bits per heavy atom. The molecule has 0 aliphatic heterocycles. The van der Waals surface area contributed by atoms with E-state index in [-0.39, 0.29) is 17.8 Å². The molecule has 0 saturated heterocycles. The van der Waals surface area contributed by atoms with Gasteiger partial charge in [-0.1, -0.05) is 29.8 Å². The fourth-order valence-electron chi connectivity index (χ4n) is 3.15. The molecule has 1 amide bonds. The molecule has 0 spiro atoms. The van der Waals surface area contributed by atoms with Crippen LogP contribution in [0.3, 0.4) is 0 Å². The van der Waals surface area contributed by atoms with Crippen LogP contribution in [0.4, 0.5) is 4.39 Å². The molecule has 1 atom stereocenters. The van der Waals surface area contributed by atoms with Gasteiger partial charge in [0.1, 0.15) is 17.6 Å². The zero-order valence-electron chi connectivity index (χ0n) is 15.5. The molecule has 1 saturated carbocycles. The molecule has 4 nitrogen and oxygen atoms in total. The summed E-state index contributed by atoms with van der Waals surface area (Å²) in [6.45, 7) is 2.57. The lowest BCUT2D eigenvalue weighted by atomic mass is 10.0. The van der Waals surface area contributed by atoms with Crippen molar-refractivity contribution in [2.45, 2.75) is 38.4 Å². The van der Waals surface area contributed by atoms with Crippen molar-refractivity contribution >= 4 is 5.91 Å². The summed E-state index contributed by atoms with van der Waals surface area (Å²) in [5, 5.41) is 3.07. The topological polar surface area (TPSA) is 41.6 Å². The highest BCUT2D eigenvalue weighted by Gasteiger charge is 2.31. The summed E-state index contributed by atoms with van der Waals surface area (Å²) in [6.07, 6.45) is 2.05. The Morgan fingerprint density at radius 1 is 1.27 bits per heavy atom. The molecular weight excluding hydrogens is 331 g/mol. The third-order valence-electron chi connectivity index (χ3n) is 4.65. The second kappa shape index (κ2) is 7.87. The van der Waals surface area contributed by atoms with E-state index in [1.54, 1.807) is 19.2 Å². The number of halogens is 1. The maximum absolute atomic E-state index is 13.3. The molecule has 1 N–H and O–H groups in total. The number of rotatable bonds is 7. The molecule has 2 aromatic carbocycles. The number of amides is 1. The Labute approximate surface area is 154 Å². The molecule has 5 heteroatoms. The highest BCUT2D eigenvalue weighted by molar-refractivity contribution is 5.83. The summed E-state index contributed by atoms with van der Waals surface area (Å²) in [5.41, 5.74) is 2.93. The minimum atomic E-state index is -0.485. The van der Waals surface area contributed by atoms with Crippen molar-refractivity contribution in [3.05, 3.63) is 65.0 Å². The molecule has 3 rings (SSSR count). The number of carbonyl (C=O) groups excluding carboxylic acids is 1. The van der Waals surface area contributed by atoms with Gasteiger partial charge >= 0.3 is 0 Å². The lowest BCUT2D eigenvalue weighted by Gasteiger charge is -2.28. The molecule has 0 heterocycles. The Morgan fingerprint density at radius 3 is 2.58 bits per heavy atom. The number of nitrogens with one attached hydrogen (secondary N) is 1. The first-order valence-electron chi connectivity index (χ1n) is 8.87. The van der Waals surface area contributed by atoms with Gasteiger partial charge in [0.15, 0.2) is 0 Å². The summed E-state index contributed by atoms with van der Waals surface area (Å²) in [6, 6.07) is 11.9. The van der Waals surface area contributed by atoms with E-state index in [2.05, 4.69) is 11.4 Å². The lowest BCUT2D eigenvalue weighted by Crippen LogP contribution is -2.39. The van der Waals surface area contributed by atoms with Gasteiger partial charge in [0.25, 0.3) is 0 Å². The molecule has 1 fully saturated rings. The average Bonchev–Trinajstić information content (AvgIpc) is 3.41. The lowest BCUT2D eigenvalue weighted by molar-refractivity contribution is -0.126. The van der Waals surface area contributed by atoms with Gasteiger partial charge in [0.2, 0.25) is 5.91 Å². The van der Waals surface area contributed by atoms with Crippen molar-refractivity contribution in [1.29, 1.82) is 0 Å². The van der Waals surface area contributed by atoms with Crippen molar-refractivity contribution in [3.63, 3.8) is 0 Å². The van der Waals surface area contributed by atoms with Gasteiger partial charge in [-0.2, -0.15) is 0 Å². The van der Waals surface area contributed by atoms with Crippen LogP contribution in [0.15, 0.2) is 42.5 Å². The van der Waals surface area contributed by atoms with E-state index in [1.807, 2.05) is 31.0 Å². The minimum Gasteiger partial charge on any atom is -0.496 e. The van der Waals surface area contributed by atoms with E-state index in [9.17, 15) is 9.18 Å². The molecular formula is C21H25FN2O2. The Kier molecular flexibility index (Phi) is 5.57. The van der Waals surface area contributed by atoms with Crippen LogP contribution < -0.4 is 10.1 Å². The Balaban J connectivity index is 1.86. The van der Waals surface area contributed by atoms with Gasteiger partial charge < -0.3 is 10.1 Å². The van der Waals surface area contributed by atoms with Crippen LogP contribution in [-0.4, -0.2) is 31.0 Å². The number of methoxy groups -OCH3 is 1. The van der Waals surface area contributed by atoms with Gasteiger partial charge in [-0.15, -0.1) is 0 Å². The normalized spacial score (nSPS) is 15.0. The summed E-state index contributed by atoms with van der Waals surface area (Å²) in [7, 11) is 3.55. The number of aryl methyl sites for hydroxylation is 1. The van der Waals surface area contributed by atoms with Crippen LogP contribution >= 0.6 is 0 Å². The standard InChI is InChI=1S/C21H25FN2O2/c1-14-4-11-19(26-3)16(12-14)13-24(2)20(21(25)23-18-9-10-18)15-5-7-17(22)8-6-15/h4-8,11-12,18,20H,9-10,13H2,1-3H3,(H,23,25). The fourth-order valence-corrected chi connectivity index (χ4v) is 3.15. The molecule has 0 radical (unpaired) electrons. The molecule has 1 aliphatic rings. The molecule has 2 aromatic rings. The fraction of sp³-hybridized carbons (Fsp3) is 0.381. The van der Waals surface area contributed by atoms with E-state index >= 15 is 0 Å². The summed E-state index contributed by atoms with van der Waals surface area (Å²) < 4.78 is 18.8. The SMILES string of the molecule is COc1ccc(C)cc1CN(C)C(C(=O)NC1CC1)c1ccc(F)cc1. The first-order chi connectivity index (χ1) is 12.5. The first kappa shape index (κ1) is 18.4. The quantitative estimate of drug-likeness (QED) is 0.824. The summed E-state index contributed by atoms with van der Waals surface area (Å²) in [5.74, 6) is 0.439. The van der Waals surface area contributed by atoms with Crippen molar-refractivity contribution in [2.24, 2.45) is 0 Å². The second-order valence-electron chi connectivity index (χ2n) is 6.97. The van der Waals surface area contributed by atoms with Gasteiger partial charge in [-0.3, -0.25) is 9.69 Å². The van der Waals surface area contributed by atoms with Crippen LogP contribution in [0.2, 0.25) is 0 Å². The Hall–Kier alpha value is -2.40. The molecule has 138 valence electrons. The average molecular weight is 356 g/mol. The van der Waals surface area contributed by atoms with E-state index < -0.39 is 6.04 Å². The van der Waals surface area contributed by atoms with E-state index in [1.165, 1.54) is 12.1 Å². The maximum Gasteiger partial charge on any atom is 0.242 e. The van der Waals surface area contributed by atoms with E-state index in [4.69, 9.17) is 4.74 Å². The van der Waals surface area contributed by atoms with Gasteiger partial charge in [0.05, 0.1) is 7.11 Å². The third-order valence-corrected chi connectivity index (χ3v) is 4.65. The maximum atomic E-state index is 13.3. The van der Waals surface area contributed by atoms with E-state index in [0.717, 1.165) is 35.3 Å². The third kappa shape index (κ3) is 4.41. The van der Waals surface area contributed by atoms with Gasteiger partial charge in [0, 0.05) is 18.2 Å². The number of carbonyl (C=O) groups is 1. The predicted octanol–water partition coefficient (Wildman–Crippen LogP) is 3.59. The van der Waals surface area contributed by atoms with Gasteiger partial charge in [-0.05, 0) is 50.6 Å².